The monoisotopic (exact) mass is 457 g/mol. The average Bonchev–Trinajstić information content (AvgIpc) is 3.17. The number of nitrogens with zero attached hydrogens (tertiary/aromatic N) is 2. The topological polar surface area (TPSA) is 75.0 Å². The molecule has 0 saturated carbocycles. The van der Waals surface area contributed by atoms with Crippen LogP contribution in [0, 0.1) is 11.3 Å². The Morgan fingerprint density at radius 1 is 1.27 bits per heavy atom. The van der Waals surface area contributed by atoms with E-state index in [4.69, 9.17) is 27.9 Å². The molecule has 0 fully saturated rings. The van der Waals surface area contributed by atoms with Crippen LogP contribution >= 0.6 is 34.5 Å². The number of rotatable bonds is 7. The van der Waals surface area contributed by atoms with Gasteiger partial charge in [0.15, 0.2) is 5.13 Å². The van der Waals surface area contributed by atoms with Crippen LogP contribution in [0.3, 0.4) is 0 Å². The molecule has 3 aromatic rings. The maximum atomic E-state index is 12.5. The number of anilines is 1. The Balaban J connectivity index is 1.68. The van der Waals surface area contributed by atoms with Gasteiger partial charge in [-0.15, -0.1) is 11.3 Å². The van der Waals surface area contributed by atoms with Gasteiger partial charge in [0.25, 0.3) is 5.91 Å². The lowest BCUT2D eigenvalue weighted by Gasteiger charge is -2.03. The third-order valence-electron chi connectivity index (χ3n) is 4.01. The van der Waals surface area contributed by atoms with Crippen molar-refractivity contribution < 1.29 is 9.53 Å². The van der Waals surface area contributed by atoms with E-state index < -0.39 is 5.91 Å². The number of benzene rings is 2. The molecule has 3 rings (SSSR count). The number of nitrogens with one attached hydrogen (secondary N) is 1. The van der Waals surface area contributed by atoms with Gasteiger partial charge in [0.1, 0.15) is 17.4 Å². The highest BCUT2D eigenvalue weighted by Crippen LogP contribution is 2.27. The predicted molar refractivity (Wildman–Crippen MR) is 121 cm³/mol. The van der Waals surface area contributed by atoms with Crippen LogP contribution in [0.15, 0.2) is 54.2 Å². The predicted octanol–water partition coefficient (Wildman–Crippen LogP) is 5.99. The number of carbonyl (C=O) groups is 1. The highest BCUT2D eigenvalue weighted by Gasteiger charge is 2.13. The fraction of sp³-hybridized carbons (Fsp3) is 0.136. The molecule has 0 atom stereocenters. The number of hydrogen-bond donors (Lipinski definition) is 1. The summed E-state index contributed by atoms with van der Waals surface area (Å²) in [5.74, 6) is 0.209. The van der Waals surface area contributed by atoms with E-state index in [-0.39, 0.29) is 5.57 Å². The molecule has 8 heteroatoms. The lowest BCUT2D eigenvalue weighted by atomic mass is 10.1. The van der Waals surface area contributed by atoms with Crippen molar-refractivity contribution in [2.45, 2.75) is 13.3 Å². The van der Waals surface area contributed by atoms with Gasteiger partial charge in [0.05, 0.1) is 6.61 Å². The number of ether oxygens (including phenoxy) is 1. The molecule has 0 bridgehead atoms. The first-order valence-corrected chi connectivity index (χ1v) is 10.6. The summed E-state index contributed by atoms with van der Waals surface area (Å²) in [5.41, 5.74) is 1.58. The Hall–Kier alpha value is -2.85. The standard InChI is InChI=1S/C22H17Cl2N3O2S/c1-2-29-18-6-3-14(4-7-18)9-16(12-25)21(28)27-22-26-13-19(30-22)11-15-10-17(23)5-8-20(15)24/h3-10,13H,2,11H2,1H3,(H,26,27,28)/b16-9-. The zero-order chi connectivity index (χ0) is 21.5. The second-order valence-corrected chi connectivity index (χ2v) is 8.13. The lowest BCUT2D eigenvalue weighted by Crippen LogP contribution is -2.13. The first-order valence-electron chi connectivity index (χ1n) is 9.03. The molecule has 0 spiro atoms. The molecule has 1 N–H and O–H groups in total. The molecule has 1 heterocycles. The van der Waals surface area contributed by atoms with Crippen molar-refractivity contribution in [1.29, 1.82) is 5.26 Å². The van der Waals surface area contributed by atoms with E-state index in [1.165, 1.54) is 17.4 Å². The molecule has 0 aliphatic carbocycles. The molecule has 0 unspecified atom stereocenters. The number of aromatic nitrogens is 1. The van der Waals surface area contributed by atoms with Crippen LogP contribution in [0.4, 0.5) is 5.13 Å². The van der Waals surface area contributed by atoms with Crippen molar-refractivity contribution in [3.8, 4) is 11.8 Å². The summed E-state index contributed by atoms with van der Waals surface area (Å²) in [5, 5.41) is 13.7. The summed E-state index contributed by atoms with van der Waals surface area (Å²) in [6, 6.07) is 14.3. The normalized spacial score (nSPS) is 11.1. The van der Waals surface area contributed by atoms with E-state index in [9.17, 15) is 10.1 Å². The lowest BCUT2D eigenvalue weighted by molar-refractivity contribution is -0.112. The largest absolute Gasteiger partial charge is 0.494 e. The molecule has 30 heavy (non-hydrogen) atoms. The molecule has 2 aromatic carbocycles. The molecular formula is C22H17Cl2N3O2S. The van der Waals surface area contributed by atoms with Crippen LogP contribution in [-0.2, 0) is 11.2 Å². The summed E-state index contributed by atoms with van der Waals surface area (Å²) in [4.78, 5) is 17.6. The third-order valence-corrected chi connectivity index (χ3v) is 5.53. The van der Waals surface area contributed by atoms with Gasteiger partial charge in [-0.25, -0.2) is 4.98 Å². The van der Waals surface area contributed by atoms with Gasteiger partial charge < -0.3 is 4.74 Å². The van der Waals surface area contributed by atoms with Gasteiger partial charge >= 0.3 is 0 Å². The SMILES string of the molecule is CCOc1ccc(/C=C(/C#N)C(=O)Nc2ncc(Cc3cc(Cl)ccc3Cl)s2)cc1. The summed E-state index contributed by atoms with van der Waals surface area (Å²) >= 11 is 13.5. The number of hydrogen-bond acceptors (Lipinski definition) is 5. The molecule has 0 saturated heterocycles. The molecule has 5 nitrogen and oxygen atoms in total. The number of carbonyl (C=O) groups excluding carboxylic acids is 1. The van der Waals surface area contributed by atoms with Crippen LogP contribution in [-0.4, -0.2) is 17.5 Å². The van der Waals surface area contributed by atoms with Crippen molar-refractivity contribution in [2.75, 3.05) is 11.9 Å². The molecule has 1 aromatic heterocycles. The summed E-state index contributed by atoms with van der Waals surface area (Å²) in [7, 11) is 0. The molecule has 1 amide bonds. The first-order chi connectivity index (χ1) is 14.5. The maximum absolute atomic E-state index is 12.5. The van der Waals surface area contributed by atoms with E-state index in [1.54, 1.807) is 48.7 Å². The number of thiazole rings is 1. The van der Waals surface area contributed by atoms with Crippen LogP contribution in [0.2, 0.25) is 10.0 Å². The smallest absolute Gasteiger partial charge is 0.268 e. The first kappa shape index (κ1) is 21.8. The van der Waals surface area contributed by atoms with Crippen LogP contribution in [0.5, 0.6) is 5.75 Å². The van der Waals surface area contributed by atoms with E-state index in [1.807, 2.05) is 13.0 Å². The van der Waals surface area contributed by atoms with Crippen LogP contribution in [0.25, 0.3) is 6.08 Å². The Morgan fingerprint density at radius 3 is 2.73 bits per heavy atom. The summed E-state index contributed by atoms with van der Waals surface area (Å²) < 4.78 is 5.39. The summed E-state index contributed by atoms with van der Waals surface area (Å²) in [6.45, 7) is 2.47. The van der Waals surface area contributed by atoms with Gasteiger partial charge in [-0.3, -0.25) is 10.1 Å². The Kier molecular flexibility index (Phi) is 7.47. The quantitative estimate of drug-likeness (QED) is 0.349. The van der Waals surface area contributed by atoms with Crippen LogP contribution in [0.1, 0.15) is 22.9 Å². The van der Waals surface area contributed by atoms with Gasteiger partial charge in [0.2, 0.25) is 0 Å². The van der Waals surface area contributed by atoms with E-state index in [0.29, 0.717) is 28.2 Å². The fourth-order valence-electron chi connectivity index (χ4n) is 2.62. The van der Waals surface area contributed by atoms with Gasteiger partial charge in [-0.2, -0.15) is 5.26 Å². The summed E-state index contributed by atoms with van der Waals surface area (Å²) in [6.07, 6.45) is 3.73. The fourth-order valence-corrected chi connectivity index (χ4v) is 3.83. The van der Waals surface area contributed by atoms with Crippen LogP contribution < -0.4 is 10.1 Å². The third kappa shape index (κ3) is 5.83. The van der Waals surface area contributed by atoms with Crippen molar-refractivity contribution in [3.63, 3.8) is 0 Å². The molecule has 0 radical (unpaired) electrons. The minimum absolute atomic E-state index is 0.0196. The zero-order valence-electron chi connectivity index (χ0n) is 16.0. The minimum Gasteiger partial charge on any atom is -0.494 e. The van der Waals surface area contributed by atoms with E-state index in [2.05, 4.69) is 10.3 Å². The van der Waals surface area contributed by atoms with Crippen molar-refractivity contribution in [1.82, 2.24) is 4.98 Å². The Morgan fingerprint density at radius 2 is 2.03 bits per heavy atom. The number of amides is 1. The van der Waals surface area contributed by atoms with E-state index >= 15 is 0 Å². The average molecular weight is 458 g/mol. The highest BCUT2D eigenvalue weighted by atomic mass is 35.5. The van der Waals surface area contributed by atoms with Gasteiger partial charge in [0, 0.05) is 27.5 Å². The number of nitriles is 1. The van der Waals surface area contributed by atoms with E-state index in [0.717, 1.165) is 21.8 Å². The second-order valence-electron chi connectivity index (χ2n) is 6.17. The Bertz CT molecular complexity index is 1120. The highest BCUT2D eigenvalue weighted by molar-refractivity contribution is 7.15. The van der Waals surface area contributed by atoms with Crippen molar-refractivity contribution >= 4 is 51.7 Å². The van der Waals surface area contributed by atoms with Gasteiger partial charge in [-0.05, 0) is 54.5 Å². The van der Waals surface area contributed by atoms with Crippen molar-refractivity contribution in [3.05, 3.63) is 80.3 Å². The maximum Gasteiger partial charge on any atom is 0.268 e. The second kappa shape index (κ2) is 10.3. The molecular weight excluding hydrogens is 441 g/mol. The molecule has 152 valence electrons. The van der Waals surface area contributed by atoms with Gasteiger partial charge in [-0.1, -0.05) is 35.3 Å². The minimum atomic E-state index is -0.520. The Labute approximate surface area is 188 Å². The zero-order valence-corrected chi connectivity index (χ0v) is 18.3. The molecule has 0 aliphatic rings. The number of halogens is 2. The molecule has 0 aliphatic heterocycles. The van der Waals surface area contributed by atoms with Crippen molar-refractivity contribution in [2.24, 2.45) is 0 Å².